The Bertz CT molecular complexity index is 466. The van der Waals surface area contributed by atoms with Crippen molar-refractivity contribution >= 4 is 21.4 Å². The molecule has 2 nitrogen and oxygen atoms in total. The highest BCUT2D eigenvalue weighted by atomic mass is 32.1. The van der Waals surface area contributed by atoms with Crippen molar-refractivity contribution < 1.29 is 4.74 Å². The van der Waals surface area contributed by atoms with Crippen LogP contribution in [0, 0.1) is 0 Å². The van der Waals surface area contributed by atoms with Crippen LogP contribution in [0.2, 0.25) is 0 Å². The average molecular weight is 235 g/mol. The van der Waals surface area contributed by atoms with Crippen LogP contribution in [0.4, 0.5) is 0 Å². The van der Waals surface area contributed by atoms with E-state index in [4.69, 9.17) is 10.5 Å². The van der Waals surface area contributed by atoms with Crippen LogP contribution in [0.3, 0.4) is 0 Å². The molecule has 86 valence electrons. The van der Waals surface area contributed by atoms with Crippen molar-refractivity contribution in [2.45, 2.75) is 25.5 Å². The Morgan fingerprint density at radius 2 is 2.19 bits per heavy atom. The van der Waals surface area contributed by atoms with Crippen LogP contribution in [0.25, 0.3) is 10.1 Å². The summed E-state index contributed by atoms with van der Waals surface area (Å²) in [5, 5.41) is 3.39. The van der Waals surface area contributed by atoms with E-state index in [1.807, 2.05) is 0 Å². The van der Waals surface area contributed by atoms with Crippen molar-refractivity contribution in [2.75, 3.05) is 7.11 Å². The van der Waals surface area contributed by atoms with Crippen LogP contribution in [-0.4, -0.2) is 13.2 Å². The number of nitrogens with two attached hydrogens (primary N) is 1. The number of thiophene rings is 1. The van der Waals surface area contributed by atoms with E-state index in [1.165, 1.54) is 15.6 Å². The minimum atomic E-state index is 0.0531. The van der Waals surface area contributed by atoms with E-state index < -0.39 is 0 Å². The van der Waals surface area contributed by atoms with E-state index in [9.17, 15) is 0 Å². The van der Waals surface area contributed by atoms with Crippen molar-refractivity contribution in [3.63, 3.8) is 0 Å². The molecule has 1 aromatic heterocycles. The van der Waals surface area contributed by atoms with Crippen LogP contribution in [0.1, 0.15) is 24.9 Å². The highest BCUT2D eigenvalue weighted by Gasteiger charge is 2.13. The van der Waals surface area contributed by atoms with Crippen molar-refractivity contribution in [2.24, 2.45) is 5.73 Å². The van der Waals surface area contributed by atoms with Gasteiger partial charge in [-0.05, 0) is 35.7 Å². The molecule has 2 aromatic rings. The van der Waals surface area contributed by atoms with Crippen LogP contribution < -0.4 is 5.73 Å². The number of fused-ring (bicyclic) bond motifs is 1. The Hall–Kier alpha value is -0.900. The molecule has 0 spiro atoms. The lowest BCUT2D eigenvalue weighted by Gasteiger charge is -2.17. The van der Waals surface area contributed by atoms with Crippen molar-refractivity contribution in [1.29, 1.82) is 0 Å². The van der Waals surface area contributed by atoms with E-state index in [1.54, 1.807) is 18.4 Å². The maximum atomic E-state index is 6.22. The van der Waals surface area contributed by atoms with E-state index in [0.717, 1.165) is 6.42 Å². The Labute approximate surface area is 100 Å². The molecule has 0 amide bonds. The van der Waals surface area contributed by atoms with Crippen LogP contribution in [0.15, 0.2) is 29.6 Å². The lowest BCUT2D eigenvalue weighted by molar-refractivity contribution is 0.105. The summed E-state index contributed by atoms with van der Waals surface area (Å²) in [6.07, 6.45) is 1.05. The molecule has 2 rings (SSSR count). The van der Waals surface area contributed by atoms with Gasteiger partial charge >= 0.3 is 0 Å². The third kappa shape index (κ3) is 2.26. The molecule has 3 heteroatoms. The van der Waals surface area contributed by atoms with Gasteiger partial charge in [-0.2, -0.15) is 0 Å². The molecular weight excluding hydrogens is 218 g/mol. The summed E-state index contributed by atoms with van der Waals surface area (Å²) in [6, 6.07) is 8.50. The second-order valence-electron chi connectivity index (χ2n) is 4.07. The molecule has 1 heterocycles. The predicted octanol–water partition coefficient (Wildman–Crippen LogP) is 3.33. The van der Waals surface area contributed by atoms with Gasteiger partial charge in [0.1, 0.15) is 0 Å². The lowest BCUT2D eigenvalue weighted by atomic mass is 10.0. The SMILES string of the molecule is COC(C)CC(N)c1cccc2ccsc12. The fraction of sp³-hybridized carbons (Fsp3) is 0.385. The van der Waals surface area contributed by atoms with Gasteiger partial charge in [-0.3, -0.25) is 0 Å². The summed E-state index contributed by atoms with van der Waals surface area (Å²) >= 11 is 1.76. The van der Waals surface area contributed by atoms with Crippen molar-refractivity contribution in [3.8, 4) is 0 Å². The normalized spacial score (nSPS) is 15.2. The van der Waals surface area contributed by atoms with Gasteiger partial charge in [-0.1, -0.05) is 18.2 Å². The molecule has 0 aliphatic carbocycles. The summed E-state index contributed by atoms with van der Waals surface area (Å²) < 4.78 is 6.56. The third-order valence-electron chi connectivity index (χ3n) is 2.90. The molecule has 0 radical (unpaired) electrons. The number of ether oxygens (including phenoxy) is 1. The van der Waals surface area contributed by atoms with Gasteiger partial charge in [0.2, 0.25) is 0 Å². The van der Waals surface area contributed by atoms with Gasteiger partial charge < -0.3 is 10.5 Å². The van der Waals surface area contributed by atoms with Gasteiger partial charge in [0, 0.05) is 17.9 Å². The van der Waals surface area contributed by atoms with Crippen LogP contribution in [0.5, 0.6) is 0 Å². The molecule has 1 aromatic carbocycles. The summed E-state index contributed by atoms with van der Waals surface area (Å²) in [4.78, 5) is 0. The zero-order chi connectivity index (χ0) is 11.5. The minimum absolute atomic E-state index is 0.0531. The first-order valence-electron chi connectivity index (χ1n) is 5.47. The maximum absolute atomic E-state index is 6.22. The van der Waals surface area contributed by atoms with Gasteiger partial charge in [0.05, 0.1) is 6.10 Å². The Morgan fingerprint density at radius 1 is 1.38 bits per heavy atom. The summed E-state index contributed by atoms with van der Waals surface area (Å²) in [5.41, 5.74) is 7.46. The quantitative estimate of drug-likeness (QED) is 0.882. The zero-order valence-electron chi connectivity index (χ0n) is 9.64. The van der Waals surface area contributed by atoms with Crippen LogP contribution in [-0.2, 0) is 4.74 Å². The molecule has 0 bridgehead atoms. The molecule has 0 saturated carbocycles. The third-order valence-corrected chi connectivity index (χ3v) is 3.88. The van der Waals surface area contributed by atoms with Gasteiger partial charge in [-0.15, -0.1) is 11.3 Å². The number of hydrogen-bond acceptors (Lipinski definition) is 3. The molecule has 0 aliphatic heterocycles. The highest BCUT2D eigenvalue weighted by Crippen LogP contribution is 2.29. The van der Waals surface area contributed by atoms with E-state index in [0.29, 0.717) is 0 Å². The van der Waals surface area contributed by atoms with E-state index in [2.05, 4.69) is 36.6 Å². The Morgan fingerprint density at radius 3 is 2.94 bits per heavy atom. The van der Waals surface area contributed by atoms with Gasteiger partial charge in [-0.25, -0.2) is 0 Å². The van der Waals surface area contributed by atoms with Gasteiger partial charge in [0.25, 0.3) is 0 Å². The Kier molecular flexibility index (Phi) is 3.59. The van der Waals surface area contributed by atoms with Crippen molar-refractivity contribution in [1.82, 2.24) is 0 Å². The van der Waals surface area contributed by atoms with Crippen molar-refractivity contribution in [3.05, 3.63) is 35.2 Å². The molecular formula is C13H17NOS. The lowest BCUT2D eigenvalue weighted by Crippen LogP contribution is -2.18. The monoisotopic (exact) mass is 235 g/mol. The zero-order valence-corrected chi connectivity index (χ0v) is 10.5. The average Bonchev–Trinajstić information content (AvgIpc) is 2.76. The smallest absolute Gasteiger partial charge is 0.0561 e. The topological polar surface area (TPSA) is 35.2 Å². The number of rotatable bonds is 4. The van der Waals surface area contributed by atoms with Gasteiger partial charge in [0.15, 0.2) is 0 Å². The molecule has 2 N–H and O–H groups in total. The summed E-state index contributed by atoms with van der Waals surface area (Å²) in [7, 11) is 1.73. The molecule has 0 saturated heterocycles. The van der Waals surface area contributed by atoms with E-state index >= 15 is 0 Å². The minimum Gasteiger partial charge on any atom is -0.382 e. The largest absolute Gasteiger partial charge is 0.382 e. The summed E-state index contributed by atoms with van der Waals surface area (Å²) in [5.74, 6) is 0. The number of hydrogen-bond donors (Lipinski definition) is 1. The standard InChI is InChI=1S/C13H17NOS/c1-9(15-2)8-12(14)11-5-3-4-10-6-7-16-13(10)11/h3-7,9,12H,8,14H2,1-2H3. The fourth-order valence-electron chi connectivity index (χ4n) is 1.89. The Balaban J connectivity index is 2.28. The second-order valence-corrected chi connectivity index (χ2v) is 4.99. The molecule has 2 unspecified atom stereocenters. The summed E-state index contributed by atoms with van der Waals surface area (Å²) in [6.45, 7) is 2.05. The molecule has 16 heavy (non-hydrogen) atoms. The van der Waals surface area contributed by atoms with E-state index in [-0.39, 0.29) is 12.1 Å². The second kappa shape index (κ2) is 4.95. The molecule has 0 fully saturated rings. The first-order valence-corrected chi connectivity index (χ1v) is 6.35. The molecule has 2 atom stereocenters. The fourth-order valence-corrected chi connectivity index (χ4v) is 2.87. The number of benzene rings is 1. The first kappa shape index (κ1) is 11.6. The predicted molar refractivity (Wildman–Crippen MR) is 69.8 cm³/mol. The molecule has 0 aliphatic rings. The highest BCUT2D eigenvalue weighted by molar-refractivity contribution is 7.17. The number of methoxy groups -OCH3 is 1. The maximum Gasteiger partial charge on any atom is 0.0561 e. The van der Waals surface area contributed by atoms with Crippen LogP contribution >= 0.6 is 11.3 Å². The first-order chi connectivity index (χ1) is 7.72.